The van der Waals surface area contributed by atoms with Gasteiger partial charge in [0.25, 0.3) is 0 Å². The summed E-state index contributed by atoms with van der Waals surface area (Å²) in [7, 11) is 1.59. The van der Waals surface area contributed by atoms with Gasteiger partial charge >= 0.3 is 0 Å². The number of anilines is 1. The minimum absolute atomic E-state index is 0.299. The molecule has 0 bridgehead atoms. The molecular weight excluding hydrogens is 218 g/mol. The van der Waals surface area contributed by atoms with Gasteiger partial charge in [-0.15, -0.1) is 10.2 Å². The van der Waals surface area contributed by atoms with Gasteiger partial charge in [-0.3, -0.25) is 0 Å². The van der Waals surface area contributed by atoms with Gasteiger partial charge in [0.15, 0.2) is 5.82 Å². The normalized spacial score (nSPS) is 17.2. The molecule has 94 valence electrons. The van der Waals surface area contributed by atoms with E-state index in [9.17, 15) is 0 Å². The Kier molecular flexibility index (Phi) is 4.14. The maximum absolute atomic E-state index is 8.91. The number of aliphatic hydroxyl groups is 1. The lowest BCUT2D eigenvalue weighted by molar-refractivity contribution is 0.240. The van der Waals surface area contributed by atoms with Gasteiger partial charge in [0, 0.05) is 25.8 Å². The Hall–Kier alpha value is -1.36. The number of aromatic nitrogens is 2. The Labute approximate surface area is 101 Å². The third-order valence-corrected chi connectivity index (χ3v) is 3.31. The number of aliphatic hydroxyl groups excluding tert-OH is 1. The highest BCUT2D eigenvalue weighted by molar-refractivity contribution is 5.38. The average molecular weight is 237 g/mol. The second-order valence-electron chi connectivity index (χ2n) is 4.38. The molecule has 1 N–H and O–H groups in total. The zero-order valence-corrected chi connectivity index (χ0v) is 10.2. The molecule has 1 fully saturated rings. The molecule has 1 saturated heterocycles. The van der Waals surface area contributed by atoms with Crippen molar-refractivity contribution >= 4 is 5.82 Å². The highest BCUT2D eigenvalue weighted by Crippen LogP contribution is 2.23. The van der Waals surface area contributed by atoms with Crippen molar-refractivity contribution in [2.45, 2.75) is 19.3 Å². The SMILES string of the molecule is COc1ccc(N2CCC(CCO)CC2)nn1. The summed E-state index contributed by atoms with van der Waals surface area (Å²) in [4.78, 5) is 2.24. The summed E-state index contributed by atoms with van der Waals surface area (Å²) in [5, 5.41) is 17.0. The van der Waals surface area contributed by atoms with Crippen molar-refractivity contribution in [3.63, 3.8) is 0 Å². The quantitative estimate of drug-likeness (QED) is 0.849. The molecule has 0 saturated carbocycles. The van der Waals surface area contributed by atoms with Crippen LogP contribution in [-0.4, -0.2) is 42.1 Å². The smallest absolute Gasteiger partial charge is 0.233 e. The highest BCUT2D eigenvalue weighted by atomic mass is 16.5. The van der Waals surface area contributed by atoms with Crippen LogP contribution in [0.2, 0.25) is 0 Å². The minimum Gasteiger partial charge on any atom is -0.480 e. The molecule has 5 nitrogen and oxygen atoms in total. The summed E-state index contributed by atoms with van der Waals surface area (Å²) in [6, 6.07) is 3.78. The molecule has 0 spiro atoms. The van der Waals surface area contributed by atoms with E-state index < -0.39 is 0 Å². The second kappa shape index (κ2) is 5.82. The zero-order valence-electron chi connectivity index (χ0n) is 10.2. The molecule has 0 aromatic carbocycles. The lowest BCUT2D eigenvalue weighted by Crippen LogP contribution is -2.34. The fourth-order valence-corrected chi connectivity index (χ4v) is 2.22. The maximum Gasteiger partial charge on any atom is 0.233 e. The van der Waals surface area contributed by atoms with Gasteiger partial charge in [-0.25, -0.2) is 0 Å². The van der Waals surface area contributed by atoms with Crippen molar-refractivity contribution < 1.29 is 9.84 Å². The minimum atomic E-state index is 0.299. The van der Waals surface area contributed by atoms with Crippen molar-refractivity contribution in [3.05, 3.63) is 12.1 Å². The van der Waals surface area contributed by atoms with Crippen LogP contribution in [0, 0.1) is 5.92 Å². The van der Waals surface area contributed by atoms with Crippen LogP contribution in [0.25, 0.3) is 0 Å². The van der Waals surface area contributed by atoms with Gasteiger partial charge in [0.05, 0.1) is 7.11 Å². The third kappa shape index (κ3) is 3.06. The number of rotatable bonds is 4. The molecule has 1 aliphatic rings. The Bertz CT molecular complexity index is 334. The second-order valence-corrected chi connectivity index (χ2v) is 4.38. The summed E-state index contributed by atoms with van der Waals surface area (Å²) in [6.07, 6.45) is 3.16. The number of nitrogens with zero attached hydrogens (tertiary/aromatic N) is 3. The van der Waals surface area contributed by atoms with E-state index >= 15 is 0 Å². The summed E-state index contributed by atoms with van der Waals surface area (Å²) >= 11 is 0. The van der Waals surface area contributed by atoms with Crippen LogP contribution in [-0.2, 0) is 0 Å². The number of methoxy groups -OCH3 is 1. The van der Waals surface area contributed by atoms with E-state index in [2.05, 4.69) is 15.1 Å². The van der Waals surface area contributed by atoms with Gasteiger partial charge in [-0.2, -0.15) is 0 Å². The lowest BCUT2D eigenvalue weighted by Gasteiger charge is -2.32. The first-order valence-electron chi connectivity index (χ1n) is 6.07. The van der Waals surface area contributed by atoms with E-state index in [-0.39, 0.29) is 0 Å². The van der Waals surface area contributed by atoms with Gasteiger partial charge < -0.3 is 14.7 Å². The summed E-state index contributed by atoms with van der Waals surface area (Å²) < 4.78 is 4.99. The molecule has 17 heavy (non-hydrogen) atoms. The van der Waals surface area contributed by atoms with Crippen molar-refractivity contribution in [3.8, 4) is 5.88 Å². The van der Waals surface area contributed by atoms with E-state index in [4.69, 9.17) is 9.84 Å². The summed E-state index contributed by atoms with van der Waals surface area (Å²) in [5.74, 6) is 2.11. The standard InChI is InChI=1S/C12H19N3O2/c1-17-12-3-2-11(13-14-12)15-7-4-10(5-8-15)6-9-16/h2-3,10,16H,4-9H2,1H3. The van der Waals surface area contributed by atoms with Gasteiger partial charge in [-0.1, -0.05) is 0 Å². The first-order valence-corrected chi connectivity index (χ1v) is 6.07. The lowest BCUT2D eigenvalue weighted by atomic mass is 9.94. The fraction of sp³-hybridized carbons (Fsp3) is 0.667. The highest BCUT2D eigenvalue weighted by Gasteiger charge is 2.19. The van der Waals surface area contributed by atoms with Crippen LogP contribution >= 0.6 is 0 Å². The Morgan fingerprint density at radius 3 is 2.65 bits per heavy atom. The van der Waals surface area contributed by atoms with E-state index in [0.717, 1.165) is 38.2 Å². The monoisotopic (exact) mass is 237 g/mol. The first-order chi connectivity index (χ1) is 8.33. The van der Waals surface area contributed by atoms with Crippen LogP contribution in [0.4, 0.5) is 5.82 Å². The molecule has 0 unspecified atom stereocenters. The van der Waals surface area contributed by atoms with Gasteiger partial charge in [0.1, 0.15) is 0 Å². The zero-order chi connectivity index (χ0) is 12.1. The molecule has 2 heterocycles. The average Bonchev–Trinajstić information content (AvgIpc) is 2.40. The summed E-state index contributed by atoms with van der Waals surface area (Å²) in [6.45, 7) is 2.28. The van der Waals surface area contributed by atoms with Gasteiger partial charge in [0.2, 0.25) is 5.88 Å². The fourth-order valence-electron chi connectivity index (χ4n) is 2.22. The Morgan fingerprint density at radius 1 is 1.35 bits per heavy atom. The number of hydrogen-bond acceptors (Lipinski definition) is 5. The number of piperidine rings is 1. The largest absolute Gasteiger partial charge is 0.480 e. The molecule has 0 radical (unpaired) electrons. The van der Waals surface area contributed by atoms with Crippen molar-refractivity contribution in [2.24, 2.45) is 5.92 Å². The molecule has 1 aliphatic heterocycles. The van der Waals surface area contributed by atoms with E-state index in [1.807, 2.05) is 12.1 Å². The van der Waals surface area contributed by atoms with Crippen LogP contribution in [0.5, 0.6) is 5.88 Å². The Morgan fingerprint density at radius 2 is 2.12 bits per heavy atom. The van der Waals surface area contributed by atoms with Gasteiger partial charge in [-0.05, 0) is 31.2 Å². The van der Waals surface area contributed by atoms with Crippen LogP contribution in [0.3, 0.4) is 0 Å². The maximum atomic E-state index is 8.91. The van der Waals surface area contributed by atoms with Crippen LogP contribution < -0.4 is 9.64 Å². The summed E-state index contributed by atoms with van der Waals surface area (Å²) in [5.41, 5.74) is 0. The Balaban J connectivity index is 1.91. The molecule has 0 aliphatic carbocycles. The van der Waals surface area contributed by atoms with Crippen LogP contribution in [0.1, 0.15) is 19.3 Å². The molecule has 1 aromatic heterocycles. The molecule has 5 heteroatoms. The molecule has 1 aromatic rings. The van der Waals surface area contributed by atoms with Crippen molar-refractivity contribution in [1.82, 2.24) is 10.2 Å². The van der Waals surface area contributed by atoms with Crippen molar-refractivity contribution in [2.75, 3.05) is 31.7 Å². The number of ether oxygens (including phenoxy) is 1. The first kappa shape index (κ1) is 12.1. The number of hydrogen-bond donors (Lipinski definition) is 1. The predicted octanol–water partition coefficient (Wildman–Crippen LogP) is 1.08. The predicted molar refractivity (Wildman–Crippen MR) is 65.2 cm³/mol. The third-order valence-electron chi connectivity index (χ3n) is 3.31. The molecule has 0 atom stereocenters. The molecule has 2 rings (SSSR count). The topological polar surface area (TPSA) is 58.5 Å². The van der Waals surface area contributed by atoms with E-state index in [1.54, 1.807) is 7.11 Å². The van der Waals surface area contributed by atoms with E-state index in [1.165, 1.54) is 0 Å². The molecule has 0 amide bonds. The van der Waals surface area contributed by atoms with Crippen molar-refractivity contribution in [1.29, 1.82) is 0 Å². The van der Waals surface area contributed by atoms with Crippen LogP contribution in [0.15, 0.2) is 12.1 Å². The molecular formula is C12H19N3O2. The van der Waals surface area contributed by atoms with E-state index in [0.29, 0.717) is 18.4 Å².